The fourth-order valence-corrected chi connectivity index (χ4v) is 3.00. The third-order valence-electron chi connectivity index (χ3n) is 4.37. The average molecular weight is 273 g/mol. The minimum absolute atomic E-state index is 0.429. The molecule has 0 atom stereocenters. The molecule has 3 heterocycles. The Labute approximate surface area is 117 Å². The molecule has 0 aromatic carbocycles. The van der Waals surface area contributed by atoms with E-state index < -0.39 is 0 Å². The lowest BCUT2D eigenvalue weighted by atomic mass is 10.1. The molecular weight excluding hydrogens is 254 g/mol. The van der Waals surface area contributed by atoms with Crippen molar-refractivity contribution in [3.8, 4) is 11.5 Å². The zero-order valence-corrected chi connectivity index (χ0v) is 11.7. The summed E-state index contributed by atoms with van der Waals surface area (Å²) in [5.74, 6) is 2.33. The first kappa shape index (κ1) is 12.0. The number of hydrogen-bond donors (Lipinski definition) is 1. The monoisotopic (exact) mass is 273 g/mol. The summed E-state index contributed by atoms with van der Waals surface area (Å²) in [6.07, 6.45) is 6.99. The molecule has 20 heavy (non-hydrogen) atoms. The van der Waals surface area contributed by atoms with Crippen molar-refractivity contribution in [1.82, 2.24) is 35.1 Å². The molecule has 2 aromatic heterocycles. The lowest BCUT2D eigenvalue weighted by Gasteiger charge is -2.26. The summed E-state index contributed by atoms with van der Waals surface area (Å²) in [7, 11) is 1.94. The fraction of sp³-hybridized carbons (Fsp3) is 0.692. The van der Waals surface area contributed by atoms with Crippen LogP contribution in [-0.2, 0) is 7.05 Å². The maximum atomic E-state index is 4.70. The van der Waals surface area contributed by atoms with Gasteiger partial charge in [-0.25, -0.2) is 14.3 Å². The number of aryl methyl sites for hydroxylation is 1. The fourth-order valence-electron chi connectivity index (χ4n) is 3.00. The number of nitrogens with zero attached hydrogens (tertiary/aromatic N) is 6. The summed E-state index contributed by atoms with van der Waals surface area (Å²) in [5.41, 5.74) is 0.816. The van der Waals surface area contributed by atoms with Crippen LogP contribution in [0.3, 0.4) is 0 Å². The Bertz CT molecular complexity index is 604. The van der Waals surface area contributed by atoms with Crippen molar-refractivity contribution in [3.63, 3.8) is 0 Å². The molecule has 0 amide bonds. The SMILES string of the molecule is Cn1nc(C2CCCC2)nc1-c1cn(C2CNC2)nn1. The molecule has 7 heteroatoms. The van der Waals surface area contributed by atoms with E-state index in [0.29, 0.717) is 12.0 Å². The zero-order chi connectivity index (χ0) is 13.5. The molecule has 1 N–H and O–H groups in total. The molecule has 106 valence electrons. The quantitative estimate of drug-likeness (QED) is 0.898. The van der Waals surface area contributed by atoms with E-state index in [1.165, 1.54) is 25.7 Å². The largest absolute Gasteiger partial charge is 0.312 e. The van der Waals surface area contributed by atoms with Crippen LogP contribution in [-0.4, -0.2) is 42.8 Å². The van der Waals surface area contributed by atoms with Gasteiger partial charge < -0.3 is 5.32 Å². The lowest BCUT2D eigenvalue weighted by Crippen LogP contribution is -2.43. The zero-order valence-electron chi connectivity index (χ0n) is 11.7. The normalized spacial score (nSPS) is 20.4. The molecule has 0 radical (unpaired) electrons. The highest BCUT2D eigenvalue weighted by molar-refractivity contribution is 5.47. The Morgan fingerprint density at radius 3 is 2.75 bits per heavy atom. The van der Waals surface area contributed by atoms with Gasteiger partial charge in [0.15, 0.2) is 11.6 Å². The van der Waals surface area contributed by atoms with Gasteiger partial charge in [-0.05, 0) is 12.8 Å². The number of rotatable bonds is 3. The Morgan fingerprint density at radius 1 is 1.25 bits per heavy atom. The van der Waals surface area contributed by atoms with Crippen molar-refractivity contribution >= 4 is 0 Å². The second kappa shape index (κ2) is 4.66. The minimum Gasteiger partial charge on any atom is -0.312 e. The van der Waals surface area contributed by atoms with E-state index in [1.54, 1.807) is 0 Å². The minimum atomic E-state index is 0.429. The second-order valence-corrected chi connectivity index (χ2v) is 5.79. The molecule has 4 rings (SSSR count). The van der Waals surface area contributed by atoms with Gasteiger partial charge in [-0.2, -0.15) is 5.10 Å². The van der Waals surface area contributed by atoms with Gasteiger partial charge in [0.05, 0.1) is 12.2 Å². The van der Waals surface area contributed by atoms with Gasteiger partial charge in [0, 0.05) is 26.1 Å². The molecule has 2 aromatic rings. The molecule has 0 bridgehead atoms. The Morgan fingerprint density at radius 2 is 2.05 bits per heavy atom. The number of nitrogens with one attached hydrogen (secondary N) is 1. The third kappa shape index (κ3) is 1.93. The number of hydrogen-bond acceptors (Lipinski definition) is 5. The van der Waals surface area contributed by atoms with Crippen LogP contribution in [0.5, 0.6) is 0 Å². The summed E-state index contributed by atoms with van der Waals surface area (Å²) >= 11 is 0. The smallest absolute Gasteiger partial charge is 0.180 e. The topological polar surface area (TPSA) is 73.5 Å². The van der Waals surface area contributed by atoms with E-state index in [0.717, 1.165) is 30.4 Å². The summed E-state index contributed by atoms with van der Waals surface area (Å²) < 4.78 is 3.76. The van der Waals surface area contributed by atoms with Crippen molar-refractivity contribution < 1.29 is 0 Å². The first-order valence-electron chi connectivity index (χ1n) is 7.35. The van der Waals surface area contributed by atoms with Crippen LogP contribution in [0.25, 0.3) is 11.5 Å². The molecule has 7 nitrogen and oxygen atoms in total. The molecule has 2 aliphatic rings. The van der Waals surface area contributed by atoms with Gasteiger partial charge in [-0.1, -0.05) is 18.1 Å². The summed E-state index contributed by atoms with van der Waals surface area (Å²) in [4.78, 5) is 4.70. The molecule has 2 fully saturated rings. The van der Waals surface area contributed by atoms with Gasteiger partial charge in [0.1, 0.15) is 5.69 Å². The van der Waals surface area contributed by atoms with Crippen LogP contribution in [0.2, 0.25) is 0 Å². The van der Waals surface area contributed by atoms with E-state index in [1.807, 2.05) is 22.6 Å². The first-order valence-corrected chi connectivity index (χ1v) is 7.35. The van der Waals surface area contributed by atoms with Crippen molar-refractivity contribution in [2.24, 2.45) is 7.05 Å². The molecule has 1 saturated carbocycles. The van der Waals surface area contributed by atoms with E-state index in [2.05, 4.69) is 20.7 Å². The standard InChI is InChI=1S/C13H19N7/c1-19-13(15-12(17-19)9-4-2-3-5-9)11-8-20(18-16-11)10-6-14-7-10/h8-10,14H,2-7H2,1H3. The van der Waals surface area contributed by atoms with Crippen molar-refractivity contribution in [3.05, 3.63) is 12.0 Å². The summed E-state index contributed by atoms with van der Waals surface area (Å²) in [5, 5.41) is 16.3. The van der Waals surface area contributed by atoms with Crippen LogP contribution in [0, 0.1) is 0 Å². The molecule has 1 aliphatic carbocycles. The van der Waals surface area contributed by atoms with E-state index in [4.69, 9.17) is 4.98 Å². The maximum Gasteiger partial charge on any atom is 0.180 e. The Hall–Kier alpha value is -1.76. The van der Waals surface area contributed by atoms with Gasteiger partial charge >= 0.3 is 0 Å². The highest BCUT2D eigenvalue weighted by atomic mass is 15.5. The van der Waals surface area contributed by atoms with E-state index >= 15 is 0 Å². The molecule has 0 unspecified atom stereocenters. The highest BCUT2D eigenvalue weighted by Gasteiger charge is 2.25. The first-order chi connectivity index (χ1) is 9.81. The summed E-state index contributed by atoms with van der Waals surface area (Å²) in [6.45, 7) is 1.93. The number of aromatic nitrogens is 6. The Balaban J connectivity index is 1.62. The van der Waals surface area contributed by atoms with Gasteiger partial charge in [-0.15, -0.1) is 5.10 Å². The van der Waals surface area contributed by atoms with Crippen LogP contribution in [0.1, 0.15) is 43.5 Å². The van der Waals surface area contributed by atoms with Crippen molar-refractivity contribution in [2.75, 3.05) is 13.1 Å². The maximum absolute atomic E-state index is 4.70. The van der Waals surface area contributed by atoms with Crippen LogP contribution < -0.4 is 5.32 Å². The lowest BCUT2D eigenvalue weighted by molar-refractivity contribution is 0.313. The van der Waals surface area contributed by atoms with E-state index in [9.17, 15) is 0 Å². The van der Waals surface area contributed by atoms with E-state index in [-0.39, 0.29) is 0 Å². The van der Waals surface area contributed by atoms with Crippen LogP contribution >= 0.6 is 0 Å². The predicted molar refractivity (Wildman–Crippen MR) is 73.1 cm³/mol. The van der Waals surface area contributed by atoms with Gasteiger partial charge in [0.2, 0.25) is 0 Å². The van der Waals surface area contributed by atoms with Gasteiger partial charge in [-0.3, -0.25) is 0 Å². The molecule has 0 spiro atoms. The molecular formula is C13H19N7. The summed E-state index contributed by atoms with van der Waals surface area (Å²) in [6, 6.07) is 0.429. The second-order valence-electron chi connectivity index (χ2n) is 5.79. The van der Waals surface area contributed by atoms with Crippen molar-refractivity contribution in [1.29, 1.82) is 0 Å². The average Bonchev–Trinajstić information content (AvgIpc) is 3.05. The predicted octanol–water partition coefficient (Wildman–Crippen LogP) is 0.875. The molecule has 1 aliphatic heterocycles. The highest BCUT2D eigenvalue weighted by Crippen LogP contribution is 2.33. The van der Waals surface area contributed by atoms with Crippen LogP contribution in [0.15, 0.2) is 6.20 Å². The Kier molecular flexibility index (Phi) is 2.80. The van der Waals surface area contributed by atoms with Crippen molar-refractivity contribution in [2.45, 2.75) is 37.6 Å². The molecule has 1 saturated heterocycles. The van der Waals surface area contributed by atoms with Gasteiger partial charge in [0.25, 0.3) is 0 Å². The van der Waals surface area contributed by atoms with Crippen LogP contribution in [0.4, 0.5) is 0 Å². The third-order valence-corrected chi connectivity index (χ3v) is 4.37.